The van der Waals surface area contributed by atoms with Crippen LogP contribution >= 0.6 is 11.3 Å². The fraction of sp³-hybridized carbons (Fsp3) is 0.250. The van der Waals surface area contributed by atoms with Crippen molar-refractivity contribution in [1.29, 1.82) is 0 Å². The van der Waals surface area contributed by atoms with Gasteiger partial charge in [0.1, 0.15) is 23.1 Å². The van der Waals surface area contributed by atoms with Crippen LogP contribution in [0.4, 0.5) is 4.39 Å². The molecular formula is C20H21FN3O2S2+. The minimum atomic E-state index is -3.57. The van der Waals surface area contributed by atoms with Gasteiger partial charge < -0.3 is 4.90 Å². The Bertz CT molecular complexity index is 1030. The molecule has 2 heterocycles. The van der Waals surface area contributed by atoms with Gasteiger partial charge in [-0.2, -0.15) is 4.31 Å². The van der Waals surface area contributed by atoms with Gasteiger partial charge in [-0.05, 0) is 24.3 Å². The lowest BCUT2D eigenvalue weighted by atomic mass is 10.2. The second-order valence-electron chi connectivity index (χ2n) is 6.79. The first-order valence-corrected chi connectivity index (χ1v) is 11.4. The van der Waals surface area contributed by atoms with Crippen molar-refractivity contribution in [3.05, 3.63) is 71.5 Å². The largest absolute Gasteiger partial charge is 0.328 e. The van der Waals surface area contributed by atoms with Crippen molar-refractivity contribution in [3.63, 3.8) is 0 Å². The summed E-state index contributed by atoms with van der Waals surface area (Å²) in [5.41, 5.74) is 2.15. The number of hydrogen-bond acceptors (Lipinski definition) is 4. The summed E-state index contributed by atoms with van der Waals surface area (Å²) in [7, 11) is -3.57. The Morgan fingerprint density at radius 3 is 2.39 bits per heavy atom. The Balaban J connectivity index is 1.37. The van der Waals surface area contributed by atoms with Gasteiger partial charge in [0.25, 0.3) is 0 Å². The lowest BCUT2D eigenvalue weighted by molar-refractivity contribution is -0.917. The minimum absolute atomic E-state index is 0.143. The summed E-state index contributed by atoms with van der Waals surface area (Å²) < 4.78 is 40.0. The molecule has 28 heavy (non-hydrogen) atoms. The normalized spacial score (nSPS) is 16.3. The fourth-order valence-corrected chi connectivity index (χ4v) is 5.60. The first kappa shape index (κ1) is 19.2. The van der Waals surface area contributed by atoms with Crippen molar-refractivity contribution in [2.75, 3.05) is 26.2 Å². The van der Waals surface area contributed by atoms with Gasteiger partial charge in [0.15, 0.2) is 0 Å². The molecule has 5 nitrogen and oxygen atoms in total. The zero-order valence-electron chi connectivity index (χ0n) is 15.2. The van der Waals surface area contributed by atoms with E-state index in [-0.39, 0.29) is 4.90 Å². The minimum Gasteiger partial charge on any atom is -0.328 e. The molecule has 1 N–H and O–H groups in total. The van der Waals surface area contributed by atoms with E-state index in [9.17, 15) is 12.8 Å². The van der Waals surface area contributed by atoms with Crippen molar-refractivity contribution in [2.45, 2.75) is 11.4 Å². The molecule has 0 spiro atoms. The number of sulfonamides is 1. The number of nitrogens with one attached hydrogen (secondary N) is 1. The van der Waals surface area contributed by atoms with Gasteiger partial charge in [0.2, 0.25) is 10.0 Å². The highest BCUT2D eigenvalue weighted by molar-refractivity contribution is 7.89. The zero-order valence-corrected chi connectivity index (χ0v) is 16.8. The molecule has 8 heteroatoms. The predicted octanol–water partition coefficient (Wildman–Crippen LogP) is 2.04. The Morgan fingerprint density at radius 1 is 1.04 bits per heavy atom. The molecule has 1 aromatic heterocycles. The van der Waals surface area contributed by atoms with Gasteiger partial charge >= 0.3 is 0 Å². The van der Waals surface area contributed by atoms with Crippen molar-refractivity contribution in [3.8, 4) is 10.6 Å². The second-order valence-corrected chi connectivity index (χ2v) is 9.59. The molecule has 146 valence electrons. The number of quaternary nitrogens is 1. The highest BCUT2D eigenvalue weighted by Gasteiger charge is 2.30. The van der Waals surface area contributed by atoms with Crippen LogP contribution in [-0.4, -0.2) is 43.9 Å². The number of thiazole rings is 1. The Labute approximate surface area is 168 Å². The van der Waals surface area contributed by atoms with Crippen LogP contribution in [0.5, 0.6) is 0 Å². The summed E-state index contributed by atoms with van der Waals surface area (Å²) in [5.74, 6) is -0.439. The van der Waals surface area contributed by atoms with Gasteiger partial charge in [-0.15, -0.1) is 11.3 Å². The monoisotopic (exact) mass is 418 g/mol. The van der Waals surface area contributed by atoms with E-state index in [2.05, 4.69) is 17.5 Å². The Hall–Kier alpha value is -2.13. The molecule has 4 rings (SSSR count). The molecule has 0 aliphatic carbocycles. The topological polar surface area (TPSA) is 54.7 Å². The second kappa shape index (κ2) is 8.08. The number of rotatable bonds is 5. The third kappa shape index (κ3) is 4.15. The summed E-state index contributed by atoms with van der Waals surface area (Å²) in [5, 5.41) is 3.09. The molecule has 1 aliphatic heterocycles. The zero-order chi connectivity index (χ0) is 19.6. The third-order valence-corrected chi connectivity index (χ3v) is 7.74. The Morgan fingerprint density at radius 2 is 1.71 bits per heavy atom. The SMILES string of the molecule is O=S(=O)(c1ccc(F)cc1)N1CC[NH+](Cc2csc(-c3ccccc3)n2)CC1. The molecule has 1 aliphatic rings. The molecule has 0 atom stereocenters. The van der Waals surface area contributed by atoms with Crippen LogP contribution < -0.4 is 4.90 Å². The van der Waals surface area contributed by atoms with Crippen LogP contribution in [0.15, 0.2) is 64.9 Å². The highest BCUT2D eigenvalue weighted by atomic mass is 32.2. The average Bonchev–Trinajstić information content (AvgIpc) is 3.18. The number of piperazine rings is 1. The summed E-state index contributed by atoms with van der Waals surface area (Å²) in [6, 6.07) is 15.1. The van der Waals surface area contributed by atoms with Gasteiger partial charge in [-0.1, -0.05) is 30.3 Å². The van der Waals surface area contributed by atoms with Gasteiger partial charge in [0.05, 0.1) is 31.1 Å². The van der Waals surface area contributed by atoms with E-state index in [0.717, 1.165) is 35.9 Å². The third-order valence-electron chi connectivity index (χ3n) is 4.88. The molecule has 0 saturated carbocycles. The number of halogens is 1. The van der Waals surface area contributed by atoms with Crippen molar-refractivity contribution in [2.24, 2.45) is 0 Å². The maximum atomic E-state index is 13.1. The molecule has 2 aromatic carbocycles. The first-order valence-electron chi connectivity index (χ1n) is 9.11. The van der Waals surface area contributed by atoms with E-state index in [1.807, 2.05) is 18.2 Å². The Kier molecular flexibility index (Phi) is 5.54. The summed E-state index contributed by atoms with van der Waals surface area (Å²) in [6.07, 6.45) is 0. The molecule has 3 aromatic rings. The van der Waals surface area contributed by atoms with E-state index in [1.165, 1.54) is 33.5 Å². The van der Waals surface area contributed by atoms with E-state index >= 15 is 0 Å². The number of nitrogens with zero attached hydrogens (tertiary/aromatic N) is 2. The van der Waals surface area contributed by atoms with Crippen molar-refractivity contribution >= 4 is 21.4 Å². The fourth-order valence-electron chi connectivity index (χ4n) is 3.33. The maximum absolute atomic E-state index is 13.1. The summed E-state index contributed by atoms with van der Waals surface area (Å²) in [6.45, 7) is 3.13. The van der Waals surface area contributed by atoms with Crippen molar-refractivity contribution < 1.29 is 17.7 Å². The lowest BCUT2D eigenvalue weighted by Crippen LogP contribution is -3.13. The quantitative estimate of drug-likeness (QED) is 0.690. The smallest absolute Gasteiger partial charge is 0.243 e. The van der Waals surface area contributed by atoms with E-state index in [0.29, 0.717) is 13.1 Å². The predicted molar refractivity (Wildman–Crippen MR) is 107 cm³/mol. The lowest BCUT2D eigenvalue weighted by Gasteiger charge is -2.31. The van der Waals surface area contributed by atoms with Crippen LogP contribution in [0.1, 0.15) is 5.69 Å². The average molecular weight is 419 g/mol. The van der Waals surface area contributed by atoms with Crippen LogP contribution in [0.2, 0.25) is 0 Å². The van der Waals surface area contributed by atoms with Crippen LogP contribution in [0.25, 0.3) is 10.6 Å². The van der Waals surface area contributed by atoms with E-state index in [4.69, 9.17) is 4.98 Å². The molecule has 1 saturated heterocycles. The summed E-state index contributed by atoms with van der Waals surface area (Å²) in [4.78, 5) is 6.19. The van der Waals surface area contributed by atoms with Gasteiger partial charge in [0, 0.05) is 10.9 Å². The maximum Gasteiger partial charge on any atom is 0.243 e. The van der Waals surface area contributed by atoms with Crippen molar-refractivity contribution in [1.82, 2.24) is 9.29 Å². The number of hydrogen-bond donors (Lipinski definition) is 1. The van der Waals surface area contributed by atoms with Crippen LogP contribution in [0.3, 0.4) is 0 Å². The first-order chi connectivity index (χ1) is 13.5. The number of benzene rings is 2. The molecule has 0 radical (unpaired) electrons. The van der Waals surface area contributed by atoms with E-state index in [1.54, 1.807) is 11.3 Å². The highest BCUT2D eigenvalue weighted by Crippen LogP contribution is 2.23. The summed E-state index contributed by atoms with van der Waals surface area (Å²) >= 11 is 1.63. The van der Waals surface area contributed by atoms with E-state index < -0.39 is 15.8 Å². The molecule has 0 unspecified atom stereocenters. The molecule has 0 bridgehead atoms. The molecular weight excluding hydrogens is 397 g/mol. The standard InChI is InChI=1S/C20H20FN3O2S2/c21-17-6-8-19(9-7-17)28(25,26)24-12-10-23(11-13-24)14-18-15-27-20(22-18)16-4-2-1-3-5-16/h1-9,15H,10-14H2/p+1. The molecule has 1 fully saturated rings. The van der Waals surface area contributed by atoms with Crippen LogP contribution in [0, 0.1) is 5.82 Å². The van der Waals surface area contributed by atoms with Gasteiger partial charge in [-0.25, -0.2) is 17.8 Å². The van der Waals surface area contributed by atoms with Crippen LogP contribution in [-0.2, 0) is 16.6 Å². The van der Waals surface area contributed by atoms with Gasteiger partial charge in [-0.3, -0.25) is 0 Å². The number of aromatic nitrogens is 1. The molecule has 0 amide bonds.